The predicted molar refractivity (Wildman–Crippen MR) is 64.0 cm³/mol. The Labute approximate surface area is 111 Å². The van der Waals surface area contributed by atoms with Gasteiger partial charge in [-0.05, 0) is 13.8 Å². The van der Waals surface area contributed by atoms with E-state index in [2.05, 4.69) is 0 Å². The van der Waals surface area contributed by atoms with Crippen molar-refractivity contribution >= 4 is 6.03 Å². The van der Waals surface area contributed by atoms with Gasteiger partial charge in [0.15, 0.2) is 0 Å². The van der Waals surface area contributed by atoms with E-state index in [0.29, 0.717) is 13.2 Å². The van der Waals surface area contributed by atoms with Gasteiger partial charge in [-0.15, -0.1) is 0 Å². The Balaban J connectivity index is 4.15. The monoisotopic (exact) mass is 286 g/mol. The minimum Gasteiger partial charge on any atom is -0.380 e. The molecule has 0 unspecified atom stereocenters. The van der Waals surface area contributed by atoms with Crippen LogP contribution in [0.15, 0.2) is 0 Å². The van der Waals surface area contributed by atoms with Crippen LogP contribution in [0.1, 0.15) is 13.8 Å². The quantitative estimate of drug-likeness (QED) is 0.655. The number of alkyl halides is 3. The second-order valence-electron chi connectivity index (χ2n) is 3.65. The molecular formula is C11H21F3N2O3. The highest BCUT2D eigenvalue weighted by atomic mass is 19.4. The first-order valence-corrected chi connectivity index (χ1v) is 6.15. The molecule has 0 radical (unpaired) electrons. The maximum atomic E-state index is 12.0. The summed E-state index contributed by atoms with van der Waals surface area (Å²) in [5.74, 6) is 0. The average molecular weight is 286 g/mol. The summed E-state index contributed by atoms with van der Waals surface area (Å²) < 4.78 is 46.2. The largest absolute Gasteiger partial charge is 0.405 e. The zero-order valence-electron chi connectivity index (χ0n) is 11.3. The number of urea groups is 1. The zero-order chi connectivity index (χ0) is 14.7. The third-order valence-corrected chi connectivity index (χ3v) is 2.15. The van der Waals surface area contributed by atoms with Crippen LogP contribution < -0.4 is 5.32 Å². The first-order chi connectivity index (χ1) is 8.90. The molecule has 0 aromatic rings. The van der Waals surface area contributed by atoms with Crippen LogP contribution in [0.3, 0.4) is 0 Å². The molecule has 2 amide bonds. The first kappa shape index (κ1) is 18.0. The summed E-state index contributed by atoms with van der Waals surface area (Å²) in [4.78, 5) is 12.8. The first-order valence-electron chi connectivity index (χ1n) is 6.15. The summed E-state index contributed by atoms with van der Waals surface area (Å²) in [6, 6.07) is -0.767. The normalized spacial score (nSPS) is 11.4. The number of carbonyl (C=O) groups excluding carboxylic acids is 1. The van der Waals surface area contributed by atoms with Crippen molar-refractivity contribution in [3.63, 3.8) is 0 Å². The average Bonchev–Trinajstić information content (AvgIpc) is 2.33. The molecule has 0 saturated carbocycles. The van der Waals surface area contributed by atoms with Crippen LogP contribution in [0.25, 0.3) is 0 Å². The number of nitrogens with one attached hydrogen (secondary N) is 1. The van der Waals surface area contributed by atoms with E-state index in [1.165, 1.54) is 4.90 Å². The topological polar surface area (TPSA) is 50.8 Å². The summed E-state index contributed by atoms with van der Waals surface area (Å²) >= 11 is 0. The van der Waals surface area contributed by atoms with Crippen LogP contribution in [0.5, 0.6) is 0 Å². The molecule has 0 atom stereocenters. The molecule has 0 heterocycles. The molecule has 0 aromatic carbocycles. The minimum absolute atomic E-state index is 0.227. The van der Waals surface area contributed by atoms with Crippen molar-refractivity contribution in [1.29, 1.82) is 0 Å². The fourth-order valence-electron chi connectivity index (χ4n) is 1.24. The van der Waals surface area contributed by atoms with Gasteiger partial charge in [0, 0.05) is 26.3 Å². The van der Waals surface area contributed by atoms with Gasteiger partial charge in [0.25, 0.3) is 0 Å². The lowest BCUT2D eigenvalue weighted by Gasteiger charge is -2.23. The van der Waals surface area contributed by atoms with E-state index in [1.54, 1.807) is 13.8 Å². The molecule has 0 saturated heterocycles. The number of ether oxygens (including phenoxy) is 2. The summed E-state index contributed by atoms with van der Waals surface area (Å²) in [5, 5.41) is 1.83. The predicted octanol–water partition coefficient (Wildman–Crippen LogP) is 1.63. The van der Waals surface area contributed by atoms with Crippen LogP contribution in [-0.2, 0) is 9.47 Å². The van der Waals surface area contributed by atoms with Gasteiger partial charge >= 0.3 is 12.2 Å². The summed E-state index contributed by atoms with van der Waals surface area (Å²) in [7, 11) is 0. The number of rotatable bonds is 9. The lowest BCUT2D eigenvalue weighted by Crippen LogP contribution is -2.46. The van der Waals surface area contributed by atoms with Crippen LogP contribution in [0.4, 0.5) is 18.0 Å². The van der Waals surface area contributed by atoms with E-state index in [0.717, 1.165) is 0 Å². The highest BCUT2D eigenvalue weighted by Crippen LogP contribution is 2.12. The zero-order valence-corrected chi connectivity index (χ0v) is 11.3. The van der Waals surface area contributed by atoms with Crippen molar-refractivity contribution in [2.24, 2.45) is 0 Å². The van der Waals surface area contributed by atoms with Crippen LogP contribution in [-0.4, -0.2) is 63.2 Å². The van der Waals surface area contributed by atoms with Crippen molar-refractivity contribution in [3.8, 4) is 0 Å². The third kappa shape index (κ3) is 10.6. The van der Waals surface area contributed by atoms with Crippen molar-refractivity contribution in [2.45, 2.75) is 20.0 Å². The number of nitrogens with zero attached hydrogens (tertiary/aromatic N) is 1. The highest BCUT2D eigenvalue weighted by Gasteiger charge is 2.28. The molecule has 8 heteroatoms. The standard InChI is InChI=1S/C11H21F3N2O3/c1-3-18-7-5-16(6-8-19-4-2)10(17)15-9-11(12,13)14/h3-9H2,1-2H3,(H,15,17). The molecule has 114 valence electrons. The van der Waals surface area contributed by atoms with Crippen molar-refractivity contribution in [3.05, 3.63) is 0 Å². The highest BCUT2D eigenvalue weighted by molar-refractivity contribution is 5.74. The number of hydrogen-bond donors (Lipinski definition) is 1. The van der Waals surface area contributed by atoms with Gasteiger partial charge in [0.05, 0.1) is 13.2 Å². The maximum absolute atomic E-state index is 12.0. The van der Waals surface area contributed by atoms with Crippen molar-refractivity contribution < 1.29 is 27.4 Å². The van der Waals surface area contributed by atoms with Crippen molar-refractivity contribution in [1.82, 2.24) is 10.2 Å². The number of halogens is 3. The number of hydrogen-bond acceptors (Lipinski definition) is 3. The summed E-state index contributed by atoms with van der Waals surface area (Å²) in [6.07, 6.45) is -4.42. The van der Waals surface area contributed by atoms with Crippen LogP contribution >= 0.6 is 0 Å². The Morgan fingerprint density at radius 2 is 1.58 bits per heavy atom. The summed E-state index contributed by atoms with van der Waals surface area (Å²) in [5.41, 5.74) is 0. The molecule has 0 bridgehead atoms. The fourth-order valence-corrected chi connectivity index (χ4v) is 1.24. The van der Waals surface area contributed by atoms with E-state index in [9.17, 15) is 18.0 Å². The number of carbonyl (C=O) groups is 1. The SMILES string of the molecule is CCOCCN(CCOCC)C(=O)NCC(F)(F)F. The molecule has 0 aromatic heterocycles. The van der Waals surface area contributed by atoms with Gasteiger partial charge in [0.2, 0.25) is 0 Å². The molecular weight excluding hydrogens is 265 g/mol. The molecule has 0 rings (SSSR count). The molecule has 5 nitrogen and oxygen atoms in total. The Kier molecular flexibility index (Phi) is 9.32. The van der Waals surface area contributed by atoms with Gasteiger partial charge in [0.1, 0.15) is 6.54 Å². The van der Waals surface area contributed by atoms with E-state index in [4.69, 9.17) is 9.47 Å². The molecule has 19 heavy (non-hydrogen) atoms. The Bertz CT molecular complexity index is 240. The molecule has 0 aliphatic rings. The van der Waals surface area contributed by atoms with Crippen molar-refractivity contribution in [2.75, 3.05) is 46.1 Å². The molecule has 0 aliphatic carbocycles. The number of amides is 2. The summed E-state index contributed by atoms with van der Waals surface area (Å²) in [6.45, 7) is 4.25. The third-order valence-electron chi connectivity index (χ3n) is 2.15. The van der Waals surface area contributed by atoms with Crippen LogP contribution in [0.2, 0.25) is 0 Å². The Morgan fingerprint density at radius 3 is 1.95 bits per heavy atom. The minimum atomic E-state index is -4.42. The lowest BCUT2D eigenvalue weighted by atomic mass is 10.5. The van der Waals surface area contributed by atoms with Crippen LogP contribution in [0, 0.1) is 0 Å². The lowest BCUT2D eigenvalue weighted by molar-refractivity contribution is -0.123. The molecule has 0 spiro atoms. The fraction of sp³-hybridized carbons (Fsp3) is 0.909. The van der Waals surface area contributed by atoms with E-state index < -0.39 is 18.8 Å². The molecule has 1 N–H and O–H groups in total. The van der Waals surface area contributed by atoms with E-state index in [-0.39, 0.29) is 26.3 Å². The van der Waals surface area contributed by atoms with Gasteiger partial charge < -0.3 is 19.7 Å². The maximum Gasteiger partial charge on any atom is 0.405 e. The van der Waals surface area contributed by atoms with E-state index in [1.807, 2.05) is 5.32 Å². The second kappa shape index (κ2) is 9.85. The molecule has 0 fully saturated rings. The smallest absolute Gasteiger partial charge is 0.380 e. The van der Waals surface area contributed by atoms with Gasteiger partial charge in [-0.25, -0.2) is 4.79 Å². The van der Waals surface area contributed by atoms with E-state index >= 15 is 0 Å². The Morgan fingerprint density at radius 1 is 1.11 bits per heavy atom. The second-order valence-corrected chi connectivity index (χ2v) is 3.65. The van der Waals surface area contributed by atoms with Gasteiger partial charge in [-0.2, -0.15) is 13.2 Å². The Hall–Kier alpha value is -1.02. The van der Waals surface area contributed by atoms with Gasteiger partial charge in [-0.1, -0.05) is 0 Å². The molecule has 0 aliphatic heterocycles. The van der Waals surface area contributed by atoms with Gasteiger partial charge in [-0.3, -0.25) is 0 Å².